The number of hydrogen-bond acceptors (Lipinski definition) is 5. The summed E-state index contributed by atoms with van der Waals surface area (Å²) in [6.07, 6.45) is 0. The van der Waals surface area contributed by atoms with Crippen molar-refractivity contribution in [1.82, 2.24) is 0 Å². The molecule has 0 unspecified atom stereocenters. The van der Waals surface area contributed by atoms with E-state index in [1.54, 1.807) is 0 Å². The van der Waals surface area contributed by atoms with Gasteiger partial charge < -0.3 is 14.5 Å². The third kappa shape index (κ3) is 202. The SMILES string of the molecule is O=S(=O)([O-])[O-].[N-]=C=S.[Na+].[Na+].[Na+]. The van der Waals surface area contributed by atoms with E-state index in [4.69, 9.17) is 22.9 Å². The number of nitrogens with zero attached hydrogens (tertiary/aromatic N) is 1. The van der Waals surface area contributed by atoms with Gasteiger partial charge in [-0.2, -0.15) is 5.16 Å². The predicted molar refractivity (Wildman–Crippen MR) is 26.4 cm³/mol. The maximum atomic E-state index is 8.52. The molecule has 48 valence electrons. The molecule has 0 fully saturated rings. The van der Waals surface area contributed by atoms with Crippen molar-refractivity contribution in [3.63, 3.8) is 0 Å². The summed E-state index contributed by atoms with van der Waals surface area (Å²) in [6, 6.07) is 0. The normalized spacial score (nSPS) is 6.00. The molecular weight excluding hydrogens is 223 g/mol. The monoisotopic (exact) mass is 223 g/mol. The summed E-state index contributed by atoms with van der Waals surface area (Å²) in [7, 11) is -5.17. The van der Waals surface area contributed by atoms with E-state index < -0.39 is 10.4 Å². The van der Waals surface area contributed by atoms with Crippen LogP contribution in [0, 0.1) is 0 Å². The topological polar surface area (TPSA) is 103 Å². The quantitative estimate of drug-likeness (QED) is 0.133. The van der Waals surface area contributed by atoms with Crippen LogP contribution in [0.3, 0.4) is 0 Å². The second-order valence-corrected chi connectivity index (χ2v) is 1.50. The second-order valence-electron chi connectivity index (χ2n) is 0.500. The smallest absolute Gasteiger partial charge is 0.759 e. The minimum absolute atomic E-state index is 0. The van der Waals surface area contributed by atoms with E-state index in [2.05, 4.69) is 12.2 Å². The van der Waals surface area contributed by atoms with Crippen LogP contribution in [-0.2, 0) is 10.4 Å². The third-order valence-electron chi connectivity index (χ3n) is 0. The maximum absolute atomic E-state index is 8.52. The zero-order chi connectivity index (χ0) is 7.21. The minimum atomic E-state index is -5.17. The van der Waals surface area contributed by atoms with E-state index in [1.807, 2.05) is 0 Å². The van der Waals surface area contributed by atoms with Crippen molar-refractivity contribution < 1.29 is 106 Å². The number of hydrogen-bond donors (Lipinski definition) is 0. The Morgan fingerprint density at radius 3 is 1.18 bits per heavy atom. The summed E-state index contributed by atoms with van der Waals surface area (Å²) in [4.78, 5) is 0. The van der Waals surface area contributed by atoms with Gasteiger partial charge in [0.25, 0.3) is 0 Å². The molecule has 0 heterocycles. The van der Waals surface area contributed by atoms with E-state index in [1.165, 1.54) is 5.16 Å². The molecule has 0 radical (unpaired) electrons. The molecule has 0 aliphatic heterocycles. The average molecular weight is 223 g/mol. The van der Waals surface area contributed by atoms with Gasteiger partial charge in [0.15, 0.2) is 0 Å². The van der Waals surface area contributed by atoms with Gasteiger partial charge in [-0.15, -0.1) is 0 Å². The Morgan fingerprint density at radius 2 is 1.18 bits per heavy atom. The summed E-state index contributed by atoms with van der Waals surface area (Å²) in [5.41, 5.74) is 0. The first-order chi connectivity index (χ1) is 3.41. The first-order valence-corrected chi connectivity index (χ1v) is 2.84. The largest absolute Gasteiger partial charge is 1.00 e. The summed E-state index contributed by atoms with van der Waals surface area (Å²) < 4.78 is 34.1. The molecule has 11 heavy (non-hydrogen) atoms. The van der Waals surface area contributed by atoms with Gasteiger partial charge in [0.1, 0.15) is 0 Å². The Kier molecular flexibility index (Phi) is 49.0. The van der Waals surface area contributed by atoms with E-state index in [0.717, 1.165) is 0 Å². The first-order valence-electron chi connectivity index (χ1n) is 1.09. The molecule has 0 atom stereocenters. The molecule has 0 bridgehead atoms. The number of thiocarbonyl (C=S) groups is 1. The average Bonchev–Trinajstić information content (AvgIpc) is 1.27. The first kappa shape index (κ1) is 29.2. The van der Waals surface area contributed by atoms with Crippen molar-refractivity contribution in [2.24, 2.45) is 0 Å². The molecule has 10 heteroatoms. The van der Waals surface area contributed by atoms with Crippen LogP contribution < -0.4 is 88.7 Å². The molecule has 0 saturated heterocycles. The minimum Gasteiger partial charge on any atom is -0.759 e. The molecule has 0 aliphatic carbocycles. The van der Waals surface area contributed by atoms with Gasteiger partial charge >= 0.3 is 88.7 Å². The molecule has 0 aromatic heterocycles. The Labute approximate surface area is 137 Å². The van der Waals surface area contributed by atoms with Crippen LogP contribution in [0.25, 0.3) is 5.41 Å². The molecular formula is CNNa3O4S2. The Hall–Kier alpha value is 2.67. The van der Waals surface area contributed by atoms with Crippen molar-refractivity contribution in [2.45, 2.75) is 0 Å². The van der Waals surface area contributed by atoms with Gasteiger partial charge in [-0.1, -0.05) is 12.2 Å². The molecule has 0 rings (SSSR count). The standard InChI is InChI=1S/CNS.3Na.H2O4S/c2-1-3;;;;1-5(2,3)4/h;;;;(H2,1,2,3,4)/q-1;3*+1;/p-2. The Bertz CT molecular complexity index is 164. The van der Waals surface area contributed by atoms with Crippen molar-refractivity contribution in [3.8, 4) is 0 Å². The summed E-state index contributed by atoms with van der Waals surface area (Å²) in [6.45, 7) is 0. The second kappa shape index (κ2) is 18.5. The molecule has 0 aromatic carbocycles. The van der Waals surface area contributed by atoms with E-state index in [9.17, 15) is 0 Å². The van der Waals surface area contributed by atoms with E-state index in [-0.39, 0.29) is 88.7 Å². The Morgan fingerprint density at radius 1 is 1.18 bits per heavy atom. The fourth-order valence-corrected chi connectivity index (χ4v) is 0. The zero-order valence-electron chi connectivity index (χ0n) is 6.40. The fourth-order valence-electron chi connectivity index (χ4n) is 0. The summed E-state index contributed by atoms with van der Waals surface area (Å²) in [5.74, 6) is 0. The van der Waals surface area contributed by atoms with Gasteiger partial charge in [-0.25, -0.2) is 0 Å². The van der Waals surface area contributed by atoms with E-state index >= 15 is 0 Å². The van der Waals surface area contributed by atoms with Crippen LogP contribution in [0.5, 0.6) is 0 Å². The van der Waals surface area contributed by atoms with Gasteiger partial charge in [-0.05, 0) is 0 Å². The van der Waals surface area contributed by atoms with Gasteiger partial charge in [0.05, 0.1) is 0 Å². The van der Waals surface area contributed by atoms with Crippen molar-refractivity contribution >= 4 is 27.8 Å². The Balaban J connectivity index is -0.0000000183. The molecule has 0 amide bonds. The fraction of sp³-hybridized carbons (Fsp3) is 0. The molecule has 5 nitrogen and oxygen atoms in total. The number of isothiocyanates is 1. The molecule has 0 spiro atoms. The van der Waals surface area contributed by atoms with Crippen molar-refractivity contribution in [1.29, 1.82) is 0 Å². The zero-order valence-corrected chi connectivity index (χ0v) is 14.0. The summed E-state index contributed by atoms with van der Waals surface area (Å²) in [5, 5.41) is 8.47. The molecule has 0 saturated carbocycles. The maximum Gasteiger partial charge on any atom is 1.00 e. The van der Waals surface area contributed by atoms with Crippen LogP contribution >= 0.6 is 12.2 Å². The van der Waals surface area contributed by atoms with Gasteiger partial charge in [0.2, 0.25) is 0 Å². The van der Waals surface area contributed by atoms with Crippen molar-refractivity contribution in [3.05, 3.63) is 5.41 Å². The van der Waals surface area contributed by atoms with Gasteiger partial charge in [-0.3, -0.25) is 8.42 Å². The van der Waals surface area contributed by atoms with Crippen LogP contribution in [-0.4, -0.2) is 22.7 Å². The molecule has 0 aromatic rings. The predicted octanol–water partition coefficient (Wildman–Crippen LogP) is -9.67. The van der Waals surface area contributed by atoms with Gasteiger partial charge in [0, 0.05) is 10.4 Å². The summed E-state index contributed by atoms with van der Waals surface area (Å²) >= 11 is 3.70. The third-order valence-corrected chi connectivity index (χ3v) is 0. The molecule has 0 aliphatic rings. The molecule has 0 N–H and O–H groups in total. The van der Waals surface area contributed by atoms with Crippen LogP contribution in [0.2, 0.25) is 0 Å². The van der Waals surface area contributed by atoms with Crippen LogP contribution in [0.1, 0.15) is 0 Å². The van der Waals surface area contributed by atoms with Crippen LogP contribution in [0.4, 0.5) is 0 Å². The van der Waals surface area contributed by atoms with Crippen molar-refractivity contribution in [2.75, 3.05) is 0 Å². The van der Waals surface area contributed by atoms with E-state index in [0.29, 0.717) is 0 Å². The van der Waals surface area contributed by atoms with Crippen LogP contribution in [0.15, 0.2) is 0 Å². The number of rotatable bonds is 0.